The fourth-order valence-electron chi connectivity index (χ4n) is 4.41. The number of hydrogen-bond donors (Lipinski definition) is 1. The van der Waals surface area contributed by atoms with Crippen LogP contribution in [0.1, 0.15) is 70.9 Å². The fraction of sp³-hybridized carbons (Fsp3) is 0.630. The van der Waals surface area contributed by atoms with E-state index in [1.807, 2.05) is 39.0 Å². The molecule has 1 aromatic carbocycles. The molecule has 1 saturated heterocycles. The minimum absolute atomic E-state index is 0.225. The van der Waals surface area contributed by atoms with Crippen LogP contribution >= 0.6 is 0 Å². The molecule has 1 aliphatic rings. The fourth-order valence-corrected chi connectivity index (χ4v) is 4.41. The van der Waals surface area contributed by atoms with E-state index in [2.05, 4.69) is 5.32 Å². The summed E-state index contributed by atoms with van der Waals surface area (Å²) in [5.74, 6) is -0.725. The van der Waals surface area contributed by atoms with Gasteiger partial charge in [-0.3, -0.25) is 24.0 Å². The van der Waals surface area contributed by atoms with E-state index in [0.29, 0.717) is 31.7 Å². The zero-order valence-electron chi connectivity index (χ0n) is 22.7. The number of nitrogens with zero attached hydrogens (tertiary/aromatic N) is 3. The molecule has 0 spiro atoms. The Bertz CT molecular complexity index is 1180. The molecule has 37 heavy (non-hydrogen) atoms. The SMILES string of the molecule is CN(CCCCOCCCCc1ccc2c(c1)n(C)c(=O)n2C1CCC(=O)NC1=O)C(=O)OC(C)(C)C. The number of imidazole rings is 1. The number of amides is 3. The van der Waals surface area contributed by atoms with Crippen LogP contribution in [-0.4, -0.2) is 64.3 Å². The summed E-state index contributed by atoms with van der Waals surface area (Å²) in [5, 5.41) is 2.33. The highest BCUT2D eigenvalue weighted by Crippen LogP contribution is 2.24. The summed E-state index contributed by atoms with van der Waals surface area (Å²) in [6.07, 6.45) is 4.71. The number of aryl methyl sites for hydroxylation is 2. The molecule has 1 aliphatic heterocycles. The topological polar surface area (TPSA) is 112 Å². The van der Waals surface area contributed by atoms with Gasteiger partial charge in [-0.2, -0.15) is 0 Å². The van der Waals surface area contributed by atoms with Gasteiger partial charge in [-0.25, -0.2) is 9.59 Å². The van der Waals surface area contributed by atoms with Crippen LogP contribution in [0.2, 0.25) is 0 Å². The minimum Gasteiger partial charge on any atom is -0.444 e. The van der Waals surface area contributed by atoms with Crippen LogP contribution in [-0.2, 0) is 32.5 Å². The predicted molar refractivity (Wildman–Crippen MR) is 140 cm³/mol. The lowest BCUT2D eigenvalue weighted by Gasteiger charge is -2.24. The second-order valence-electron chi connectivity index (χ2n) is 10.7. The van der Waals surface area contributed by atoms with Crippen LogP contribution in [0.5, 0.6) is 0 Å². The third-order valence-electron chi connectivity index (χ3n) is 6.42. The molecule has 0 aliphatic carbocycles. The van der Waals surface area contributed by atoms with Gasteiger partial charge in [0, 0.05) is 40.3 Å². The van der Waals surface area contributed by atoms with Gasteiger partial charge in [0.25, 0.3) is 0 Å². The van der Waals surface area contributed by atoms with Crippen molar-refractivity contribution in [2.45, 2.75) is 77.4 Å². The van der Waals surface area contributed by atoms with Crippen LogP contribution in [0.15, 0.2) is 23.0 Å². The van der Waals surface area contributed by atoms with Crippen molar-refractivity contribution in [1.29, 1.82) is 0 Å². The largest absolute Gasteiger partial charge is 0.444 e. The first kappa shape index (κ1) is 28.4. The smallest absolute Gasteiger partial charge is 0.410 e. The molecule has 2 aromatic rings. The van der Waals surface area contributed by atoms with Gasteiger partial charge in [-0.05, 0) is 77.0 Å². The van der Waals surface area contributed by atoms with Crippen LogP contribution in [0.4, 0.5) is 4.79 Å². The van der Waals surface area contributed by atoms with Crippen LogP contribution in [0.25, 0.3) is 11.0 Å². The third kappa shape index (κ3) is 7.67. The Kier molecular flexibility index (Phi) is 9.53. The van der Waals surface area contributed by atoms with E-state index in [0.717, 1.165) is 43.2 Å². The predicted octanol–water partition coefficient (Wildman–Crippen LogP) is 3.30. The molecule has 3 rings (SSSR count). The molecule has 1 unspecified atom stereocenters. The molecule has 0 radical (unpaired) electrons. The summed E-state index contributed by atoms with van der Waals surface area (Å²) in [5.41, 5.74) is 1.85. The highest BCUT2D eigenvalue weighted by atomic mass is 16.6. The molecule has 0 bridgehead atoms. The van der Waals surface area contributed by atoms with Gasteiger partial charge in [0.1, 0.15) is 11.6 Å². The number of carbonyl (C=O) groups is 3. The average Bonchev–Trinajstić information content (AvgIpc) is 3.06. The van der Waals surface area contributed by atoms with E-state index < -0.39 is 17.6 Å². The van der Waals surface area contributed by atoms with Crippen molar-refractivity contribution in [3.05, 3.63) is 34.2 Å². The number of rotatable bonds is 11. The van der Waals surface area contributed by atoms with Crippen LogP contribution < -0.4 is 11.0 Å². The highest BCUT2D eigenvalue weighted by molar-refractivity contribution is 6.00. The van der Waals surface area contributed by atoms with Crippen molar-refractivity contribution < 1.29 is 23.9 Å². The van der Waals surface area contributed by atoms with Crippen molar-refractivity contribution in [2.24, 2.45) is 7.05 Å². The monoisotopic (exact) mass is 516 g/mol. The molecule has 1 aromatic heterocycles. The quantitative estimate of drug-likeness (QED) is 0.362. The lowest BCUT2D eigenvalue weighted by molar-refractivity contribution is -0.135. The first-order valence-electron chi connectivity index (χ1n) is 13.0. The number of nitrogens with one attached hydrogen (secondary N) is 1. The normalized spacial score (nSPS) is 16.2. The lowest BCUT2D eigenvalue weighted by atomic mass is 10.0. The molecule has 1 fully saturated rings. The Morgan fingerprint density at radius 2 is 1.78 bits per heavy atom. The van der Waals surface area contributed by atoms with Gasteiger partial charge in [0.2, 0.25) is 11.8 Å². The van der Waals surface area contributed by atoms with Crippen molar-refractivity contribution in [3.63, 3.8) is 0 Å². The standard InChI is InChI=1S/C27H40N4O6/c1-27(2,3)37-26(35)29(4)15-7-9-17-36-16-8-6-10-19-11-12-20-22(18-19)30(5)25(34)31(20)21-13-14-23(32)28-24(21)33/h11-12,18,21H,6-10,13-17H2,1-5H3,(H,28,32,33). The summed E-state index contributed by atoms with van der Waals surface area (Å²) in [4.78, 5) is 50.2. The molecule has 1 atom stereocenters. The Morgan fingerprint density at radius 3 is 2.46 bits per heavy atom. The molecule has 1 N–H and O–H groups in total. The lowest BCUT2D eigenvalue weighted by Crippen LogP contribution is -2.44. The van der Waals surface area contributed by atoms with Gasteiger partial charge in [0.15, 0.2) is 0 Å². The maximum atomic E-state index is 12.9. The van der Waals surface area contributed by atoms with Gasteiger partial charge >= 0.3 is 11.8 Å². The number of hydrogen-bond acceptors (Lipinski definition) is 6. The molecule has 204 valence electrons. The summed E-state index contributed by atoms with van der Waals surface area (Å²) >= 11 is 0. The Balaban J connectivity index is 1.39. The van der Waals surface area contributed by atoms with E-state index in [1.165, 1.54) is 4.57 Å². The maximum Gasteiger partial charge on any atom is 0.410 e. The summed E-state index contributed by atoms with van der Waals surface area (Å²) in [6, 6.07) is 5.21. The van der Waals surface area contributed by atoms with Gasteiger partial charge in [0.05, 0.1) is 11.0 Å². The first-order valence-corrected chi connectivity index (χ1v) is 13.0. The molecule has 0 saturated carbocycles. The van der Waals surface area contributed by atoms with Gasteiger partial charge < -0.3 is 14.4 Å². The van der Waals surface area contributed by atoms with E-state index in [1.54, 1.807) is 23.6 Å². The summed E-state index contributed by atoms with van der Waals surface area (Å²) < 4.78 is 14.1. The summed E-state index contributed by atoms with van der Waals surface area (Å²) in [7, 11) is 3.45. The number of fused-ring (bicyclic) bond motifs is 1. The third-order valence-corrected chi connectivity index (χ3v) is 6.42. The van der Waals surface area contributed by atoms with Gasteiger partial charge in [-0.1, -0.05) is 6.07 Å². The second-order valence-corrected chi connectivity index (χ2v) is 10.7. The number of imide groups is 1. The van der Waals surface area contributed by atoms with E-state index in [9.17, 15) is 19.2 Å². The number of aromatic nitrogens is 2. The first-order chi connectivity index (χ1) is 17.5. The molecular formula is C27H40N4O6. The number of ether oxygens (including phenoxy) is 2. The summed E-state index contributed by atoms with van der Waals surface area (Å²) in [6.45, 7) is 7.53. The van der Waals surface area contributed by atoms with Crippen molar-refractivity contribution in [1.82, 2.24) is 19.4 Å². The van der Waals surface area contributed by atoms with E-state index >= 15 is 0 Å². The Labute approximate surface area is 217 Å². The molecule has 10 heteroatoms. The molecular weight excluding hydrogens is 476 g/mol. The Hall–Kier alpha value is -3.14. The highest BCUT2D eigenvalue weighted by Gasteiger charge is 2.31. The zero-order valence-corrected chi connectivity index (χ0v) is 22.7. The molecule has 3 amide bonds. The zero-order chi connectivity index (χ0) is 27.2. The average molecular weight is 517 g/mol. The van der Waals surface area contributed by atoms with E-state index in [-0.39, 0.29) is 24.1 Å². The number of carbonyl (C=O) groups excluding carboxylic acids is 3. The Morgan fingerprint density at radius 1 is 1.08 bits per heavy atom. The maximum absolute atomic E-state index is 12.9. The second kappa shape index (κ2) is 12.4. The van der Waals surface area contributed by atoms with Gasteiger partial charge in [-0.15, -0.1) is 0 Å². The number of unbranched alkanes of at least 4 members (excludes halogenated alkanes) is 2. The van der Waals surface area contributed by atoms with Crippen molar-refractivity contribution in [2.75, 3.05) is 26.8 Å². The van der Waals surface area contributed by atoms with Crippen molar-refractivity contribution >= 4 is 28.9 Å². The van der Waals surface area contributed by atoms with E-state index in [4.69, 9.17) is 9.47 Å². The van der Waals surface area contributed by atoms with Crippen LogP contribution in [0.3, 0.4) is 0 Å². The van der Waals surface area contributed by atoms with Crippen LogP contribution in [0, 0.1) is 0 Å². The number of piperidine rings is 1. The van der Waals surface area contributed by atoms with Crippen molar-refractivity contribution in [3.8, 4) is 0 Å². The molecule has 10 nitrogen and oxygen atoms in total. The minimum atomic E-state index is -0.672. The molecule has 2 heterocycles. The number of benzene rings is 1.